The van der Waals surface area contributed by atoms with Crippen molar-refractivity contribution < 1.29 is 27.4 Å². The van der Waals surface area contributed by atoms with Crippen molar-refractivity contribution in [2.75, 3.05) is 26.3 Å². The molecular formula is C17H18F3N3O3. The SMILES string of the molecule is FC(F)(F)Oc1ccc(CN2CCOC[C@H](Oc3cnccn3)C2)cc1. The molecule has 9 heteroatoms. The van der Waals surface area contributed by atoms with Crippen LogP contribution in [0.5, 0.6) is 11.6 Å². The largest absolute Gasteiger partial charge is 0.573 e. The maximum Gasteiger partial charge on any atom is 0.573 e. The van der Waals surface area contributed by atoms with Crippen molar-refractivity contribution in [1.82, 2.24) is 14.9 Å². The predicted octanol–water partition coefficient (Wildman–Crippen LogP) is 2.66. The summed E-state index contributed by atoms with van der Waals surface area (Å²) in [5.41, 5.74) is 0.875. The van der Waals surface area contributed by atoms with E-state index < -0.39 is 6.36 Å². The van der Waals surface area contributed by atoms with Gasteiger partial charge in [-0.15, -0.1) is 13.2 Å². The lowest BCUT2D eigenvalue weighted by Gasteiger charge is -2.23. The highest BCUT2D eigenvalue weighted by molar-refractivity contribution is 5.27. The molecule has 1 fully saturated rings. The van der Waals surface area contributed by atoms with Crippen molar-refractivity contribution in [3.63, 3.8) is 0 Å². The molecule has 26 heavy (non-hydrogen) atoms. The Labute approximate surface area is 148 Å². The van der Waals surface area contributed by atoms with E-state index in [4.69, 9.17) is 9.47 Å². The van der Waals surface area contributed by atoms with Gasteiger partial charge in [-0.05, 0) is 17.7 Å². The lowest BCUT2D eigenvalue weighted by molar-refractivity contribution is -0.274. The van der Waals surface area contributed by atoms with Crippen LogP contribution < -0.4 is 9.47 Å². The predicted molar refractivity (Wildman–Crippen MR) is 85.7 cm³/mol. The highest BCUT2D eigenvalue weighted by Gasteiger charge is 2.31. The van der Waals surface area contributed by atoms with E-state index in [0.29, 0.717) is 38.7 Å². The summed E-state index contributed by atoms with van der Waals surface area (Å²) in [6.07, 6.45) is -0.241. The van der Waals surface area contributed by atoms with Gasteiger partial charge in [0.15, 0.2) is 0 Å². The topological polar surface area (TPSA) is 56.7 Å². The maximum atomic E-state index is 12.2. The Balaban J connectivity index is 1.57. The van der Waals surface area contributed by atoms with Crippen LogP contribution in [0.15, 0.2) is 42.9 Å². The minimum atomic E-state index is -4.69. The first-order chi connectivity index (χ1) is 12.5. The van der Waals surface area contributed by atoms with E-state index in [2.05, 4.69) is 19.6 Å². The molecule has 0 amide bonds. The van der Waals surface area contributed by atoms with Crippen LogP contribution in [0.1, 0.15) is 5.56 Å². The van der Waals surface area contributed by atoms with Gasteiger partial charge in [0.1, 0.15) is 11.9 Å². The number of alkyl halides is 3. The molecule has 0 radical (unpaired) electrons. The van der Waals surface area contributed by atoms with Crippen LogP contribution >= 0.6 is 0 Å². The Bertz CT molecular complexity index is 683. The Morgan fingerprint density at radius 1 is 1.19 bits per heavy atom. The summed E-state index contributed by atoms with van der Waals surface area (Å²) in [6.45, 7) is 2.86. The molecule has 1 saturated heterocycles. The number of rotatable bonds is 5. The molecule has 1 aliphatic heterocycles. The van der Waals surface area contributed by atoms with Gasteiger partial charge >= 0.3 is 6.36 Å². The number of ether oxygens (including phenoxy) is 3. The first-order valence-corrected chi connectivity index (χ1v) is 8.05. The molecule has 2 aromatic rings. The average Bonchev–Trinajstić information content (AvgIpc) is 2.81. The molecule has 140 valence electrons. The van der Waals surface area contributed by atoms with Gasteiger partial charge in [0, 0.05) is 32.0 Å². The van der Waals surface area contributed by atoms with E-state index in [1.165, 1.54) is 18.3 Å². The second-order valence-electron chi connectivity index (χ2n) is 5.79. The fraction of sp³-hybridized carbons (Fsp3) is 0.412. The molecule has 0 unspecified atom stereocenters. The molecule has 2 heterocycles. The van der Waals surface area contributed by atoms with Crippen molar-refractivity contribution in [2.24, 2.45) is 0 Å². The molecule has 0 spiro atoms. The fourth-order valence-electron chi connectivity index (χ4n) is 2.63. The quantitative estimate of drug-likeness (QED) is 0.808. The van der Waals surface area contributed by atoms with E-state index in [0.717, 1.165) is 5.56 Å². The van der Waals surface area contributed by atoms with E-state index in [1.54, 1.807) is 24.5 Å². The molecule has 1 aliphatic rings. The van der Waals surface area contributed by atoms with Crippen LogP contribution in [0.4, 0.5) is 13.2 Å². The second kappa shape index (κ2) is 8.33. The van der Waals surface area contributed by atoms with Crippen molar-refractivity contribution >= 4 is 0 Å². The highest BCUT2D eigenvalue weighted by Crippen LogP contribution is 2.23. The van der Waals surface area contributed by atoms with Crippen molar-refractivity contribution in [1.29, 1.82) is 0 Å². The molecule has 0 N–H and O–H groups in total. The first kappa shape index (κ1) is 18.4. The summed E-state index contributed by atoms with van der Waals surface area (Å²) < 4.78 is 51.9. The summed E-state index contributed by atoms with van der Waals surface area (Å²) in [5, 5.41) is 0. The smallest absolute Gasteiger partial charge is 0.469 e. The molecule has 1 aromatic carbocycles. The fourth-order valence-corrected chi connectivity index (χ4v) is 2.63. The normalized spacial score (nSPS) is 19.0. The highest BCUT2D eigenvalue weighted by atomic mass is 19.4. The van der Waals surface area contributed by atoms with Gasteiger partial charge in [0.05, 0.1) is 19.4 Å². The van der Waals surface area contributed by atoms with Crippen molar-refractivity contribution in [3.8, 4) is 11.6 Å². The summed E-state index contributed by atoms with van der Waals surface area (Å²) in [5.74, 6) is 0.195. The van der Waals surface area contributed by atoms with Crippen LogP contribution in [-0.2, 0) is 11.3 Å². The van der Waals surface area contributed by atoms with Crippen molar-refractivity contribution in [2.45, 2.75) is 19.0 Å². The zero-order valence-corrected chi connectivity index (χ0v) is 13.9. The Morgan fingerprint density at radius 3 is 2.69 bits per heavy atom. The summed E-state index contributed by atoms with van der Waals surface area (Å²) >= 11 is 0. The van der Waals surface area contributed by atoms with Gasteiger partial charge in [-0.1, -0.05) is 12.1 Å². The zero-order valence-electron chi connectivity index (χ0n) is 13.9. The molecule has 3 rings (SSSR count). The number of nitrogens with zero attached hydrogens (tertiary/aromatic N) is 3. The van der Waals surface area contributed by atoms with E-state index in [9.17, 15) is 13.2 Å². The van der Waals surface area contributed by atoms with E-state index in [1.807, 2.05) is 0 Å². The number of hydrogen-bond donors (Lipinski definition) is 0. The number of aromatic nitrogens is 2. The zero-order chi connectivity index (χ0) is 18.4. The molecule has 0 aliphatic carbocycles. The van der Waals surface area contributed by atoms with Gasteiger partial charge in [-0.3, -0.25) is 9.88 Å². The molecule has 6 nitrogen and oxygen atoms in total. The van der Waals surface area contributed by atoms with E-state index >= 15 is 0 Å². The minimum absolute atomic E-state index is 0.206. The third kappa shape index (κ3) is 5.85. The monoisotopic (exact) mass is 369 g/mol. The summed E-state index contributed by atoms with van der Waals surface area (Å²) in [4.78, 5) is 10.2. The van der Waals surface area contributed by atoms with E-state index in [-0.39, 0.29) is 11.9 Å². The van der Waals surface area contributed by atoms with Gasteiger partial charge in [0.2, 0.25) is 5.88 Å². The molecular weight excluding hydrogens is 351 g/mol. The Hall–Kier alpha value is -2.39. The number of benzene rings is 1. The van der Waals surface area contributed by atoms with Gasteiger partial charge in [-0.2, -0.15) is 0 Å². The maximum absolute atomic E-state index is 12.2. The molecule has 0 bridgehead atoms. The second-order valence-corrected chi connectivity index (χ2v) is 5.79. The van der Waals surface area contributed by atoms with Gasteiger partial charge in [0.25, 0.3) is 0 Å². The average molecular weight is 369 g/mol. The summed E-state index contributed by atoms with van der Waals surface area (Å²) in [6, 6.07) is 5.85. The van der Waals surface area contributed by atoms with Gasteiger partial charge in [-0.25, -0.2) is 4.98 Å². The number of hydrogen-bond acceptors (Lipinski definition) is 6. The Morgan fingerprint density at radius 2 is 2.00 bits per heavy atom. The standard InChI is InChI=1S/C17H18F3N3O3/c18-17(19,20)26-14-3-1-13(2-4-14)10-23-7-8-24-12-15(11-23)25-16-9-21-5-6-22-16/h1-6,9,15H,7-8,10-12H2/t15-/m1/s1. The lowest BCUT2D eigenvalue weighted by atomic mass is 10.2. The summed E-state index contributed by atoms with van der Waals surface area (Å²) in [7, 11) is 0. The molecule has 0 saturated carbocycles. The van der Waals surface area contributed by atoms with Crippen LogP contribution in [-0.4, -0.2) is 53.6 Å². The molecule has 1 atom stereocenters. The first-order valence-electron chi connectivity index (χ1n) is 8.05. The van der Waals surface area contributed by atoms with Crippen LogP contribution in [0.3, 0.4) is 0 Å². The molecule has 1 aromatic heterocycles. The van der Waals surface area contributed by atoms with Crippen LogP contribution in [0, 0.1) is 0 Å². The third-order valence-electron chi connectivity index (χ3n) is 3.71. The Kier molecular flexibility index (Phi) is 5.89. The minimum Gasteiger partial charge on any atom is -0.469 e. The van der Waals surface area contributed by atoms with Crippen LogP contribution in [0.2, 0.25) is 0 Å². The van der Waals surface area contributed by atoms with Gasteiger partial charge < -0.3 is 14.2 Å². The van der Waals surface area contributed by atoms with Crippen molar-refractivity contribution in [3.05, 3.63) is 48.4 Å². The third-order valence-corrected chi connectivity index (χ3v) is 3.71. The van der Waals surface area contributed by atoms with Crippen LogP contribution in [0.25, 0.3) is 0 Å². The lowest BCUT2D eigenvalue weighted by Crippen LogP contribution is -2.35. The number of halogens is 3.